The predicted molar refractivity (Wildman–Crippen MR) is 73.3 cm³/mol. The summed E-state index contributed by atoms with van der Waals surface area (Å²) in [4.78, 5) is 10.8. The first-order chi connectivity index (χ1) is 8.57. The fourth-order valence-electron chi connectivity index (χ4n) is 2.21. The summed E-state index contributed by atoms with van der Waals surface area (Å²) in [6.07, 6.45) is -4.30. The van der Waals surface area contributed by atoms with Gasteiger partial charge in [0.05, 0.1) is 5.56 Å². The van der Waals surface area contributed by atoms with E-state index in [1.807, 2.05) is 27.7 Å². The normalized spacial score (nSPS) is 13.4. The van der Waals surface area contributed by atoms with Crippen molar-refractivity contribution in [3.05, 3.63) is 35.4 Å². The fourth-order valence-corrected chi connectivity index (χ4v) is 5.25. The molecule has 0 aliphatic rings. The van der Waals surface area contributed by atoms with Crippen molar-refractivity contribution in [2.45, 2.75) is 51.0 Å². The molecule has 0 aromatic heterocycles. The molecular weight excluding hydrogens is 269 g/mol. The lowest BCUT2D eigenvalue weighted by Gasteiger charge is -2.33. The van der Waals surface area contributed by atoms with Gasteiger partial charge in [0.15, 0.2) is 8.32 Å². The van der Waals surface area contributed by atoms with Gasteiger partial charge < -0.3 is 4.80 Å². The standard InChI is InChI=1S/C14H21F3OSi/c1-10(2)19(18,11(3)4)9-12-5-7-13(8-6-12)14(15,16)17/h5-8,10-11,18H,9H2,1-4H3. The molecule has 0 unspecified atom stereocenters. The topological polar surface area (TPSA) is 20.2 Å². The summed E-state index contributed by atoms with van der Waals surface area (Å²) in [5.41, 5.74) is 0.490. The van der Waals surface area contributed by atoms with Crippen LogP contribution in [-0.2, 0) is 12.2 Å². The minimum atomic E-state index is -4.30. The zero-order valence-electron chi connectivity index (χ0n) is 11.8. The lowest BCUT2D eigenvalue weighted by molar-refractivity contribution is -0.137. The van der Waals surface area contributed by atoms with Crippen LogP contribution < -0.4 is 0 Å². The number of rotatable bonds is 4. The van der Waals surface area contributed by atoms with E-state index in [0.717, 1.165) is 17.7 Å². The third-order valence-corrected chi connectivity index (χ3v) is 8.74. The summed E-state index contributed by atoms with van der Waals surface area (Å²) in [7, 11) is -2.49. The molecule has 5 heteroatoms. The molecule has 0 spiro atoms. The molecule has 0 bridgehead atoms. The Morgan fingerprint density at radius 2 is 1.42 bits per heavy atom. The van der Waals surface area contributed by atoms with Crippen molar-refractivity contribution in [1.82, 2.24) is 0 Å². The molecule has 108 valence electrons. The Bertz CT molecular complexity index is 402. The molecule has 1 N–H and O–H groups in total. The molecule has 0 radical (unpaired) electrons. The average Bonchev–Trinajstić information content (AvgIpc) is 2.27. The molecule has 0 atom stereocenters. The van der Waals surface area contributed by atoms with Crippen molar-refractivity contribution in [2.24, 2.45) is 0 Å². The van der Waals surface area contributed by atoms with Gasteiger partial charge in [-0.15, -0.1) is 0 Å². The Balaban J connectivity index is 2.94. The van der Waals surface area contributed by atoms with Crippen molar-refractivity contribution in [1.29, 1.82) is 0 Å². The van der Waals surface area contributed by atoms with Crippen LogP contribution in [0.1, 0.15) is 38.8 Å². The van der Waals surface area contributed by atoms with E-state index in [-0.39, 0.29) is 11.1 Å². The van der Waals surface area contributed by atoms with Crippen LogP contribution in [0.2, 0.25) is 11.1 Å². The van der Waals surface area contributed by atoms with E-state index >= 15 is 0 Å². The number of halogens is 3. The second-order valence-corrected chi connectivity index (χ2v) is 10.3. The molecule has 0 fully saturated rings. The van der Waals surface area contributed by atoms with Crippen molar-refractivity contribution in [3.8, 4) is 0 Å². The number of hydrogen-bond acceptors (Lipinski definition) is 1. The highest BCUT2D eigenvalue weighted by molar-refractivity contribution is 6.74. The molecule has 1 aromatic carbocycles. The van der Waals surface area contributed by atoms with E-state index < -0.39 is 20.1 Å². The monoisotopic (exact) mass is 290 g/mol. The quantitative estimate of drug-likeness (QED) is 0.807. The van der Waals surface area contributed by atoms with Crippen LogP contribution in [0.4, 0.5) is 13.2 Å². The first-order valence-electron chi connectivity index (χ1n) is 6.46. The zero-order chi connectivity index (χ0) is 14.8. The van der Waals surface area contributed by atoms with Gasteiger partial charge in [-0.1, -0.05) is 39.8 Å². The first-order valence-corrected chi connectivity index (χ1v) is 8.76. The largest absolute Gasteiger partial charge is 0.431 e. The van der Waals surface area contributed by atoms with Gasteiger partial charge in [-0.25, -0.2) is 0 Å². The molecule has 0 saturated heterocycles. The zero-order valence-corrected chi connectivity index (χ0v) is 12.8. The van der Waals surface area contributed by atoms with E-state index in [4.69, 9.17) is 0 Å². The van der Waals surface area contributed by atoms with Gasteiger partial charge in [0.25, 0.3) is 0 Å². The molecule has 1 nitrogen and oxygen atoms in total. The summed E-state index contributed by atoms with van der Waals surface area (Å²) >= 11 is 0. The number of hydrogen-bond donors (Lipinski definition) is 1. The van der Waals surface area contributed by atoms with Crippen LogP contribution in [-0.4, -0.2) is 13.1 Å². The third kappa shape index (κ3) is 3.83. The van der Waals surface area contributed by atoms with Crippen molar-refractivity contribution < 1.29 is 18.0 Å². The van der Waals surface area contributed by atoms with Gasteiger partial charge in [-0.2, -0.15) is 13.2 Å². The Labute approximate surface area is 113 Å². The first kappa shape index (κ1) is 16.2. The molecule has 1 aromatic rings. The van der Waals surface area contributed by atoms with Crippen LogP contribution in [0.5, 0.6) is 0 Å². The average molecular weight is 290 g/mol. The molecule has 0 saturated carbocycles. The van der Waals surface area contributed by atoms with E-state index in [1.54, 1.807) is 0 Å². The summed E-state index contributed by atoms with van der Waals surface area (Å²) < 4.78 is 37.4. The molecule has 1 rings (SSSR count). The van der Waals surface area contributed by atoms with E-state index in [0.29, 0.717) is 6.04 Å². The summed E-state index contributed by atoms with van der Waals surface area (Å²) in [5.74, 6) is 0. The SMILES string of the molecule is CC(C)[Si](O)(Cc1ccc(C(F)(F)F)cc1)C(C)C. The highest BCUT2D eigenvalue weighted by Gasteiger charge is 2.38. The molecule has 0 aliphatic carbocycles. The highest BCUT2D eigenvalue weighted by atomic mass is 28.4. The van der Waals surface area contributed by atoms with Crippen LogP contribution in [0.3, 0.4) is 0 Å². The number of benzene rings is 1. The minimum Gasteiger partial charge on any atom is -0.431 e. The molecule has 0 amide bonds. The molecule has 19 heavy (non-hydrogen) atoms. The molecule has 0 heterocycles. The van der Waals surface area contributed by atoms with Gasteiger partial charge in [-0.05, 0) is 34.8 Å². The smallest absolute Gasteiger partial charge is 0.416 e. The van der Waals surface area contributed by atoms with E-state index in [9.17, 15) is 18.0 Å². The lowest BCUT2D eigenvalue weighted by atomic mass is 10.1. The van der Waals surface area contributed by atoms with Gasteiger partial charge in [0, 0.05) is 0 Å². The van der Waals surface area contributed by atoms with E-state index in [2.05, 4.69) is 0 Å². The predicted octanol–water partition coefficient (Wildman–Crippen LogP) is 4.54. The van der Waals surface area contributed by atoms with Crippen LogP contribution in [0, 0.1) is 0 Å². The van der Waals surface area contributed by atoms with Crippen molar-refractivity contribution >= 4 is 8.32 Å². The van der Waals surface area contributed by atoms with Crippen molar-refractivity contribution in [2.75, 3.05) is 0 Å². The van der Waals surface area contributed by atoms with Gasteiger partial charge in [-0.3, -0.25) is 0 Å². The van der Waals surface area contributed by atoms with E-state index in [1.165, 1.54) is 12.1 Å². The summed E-state index contributed by atoms with van der Waals surface area (Å²) in [6, 6.07) is 5.63. The van der Waals surface area contributed by atoms with Gasteiger partial charge in [0.1, 0.15) is 0 Å². The van der Waals surface area contributed by atoms with Gasteiger partial charge in [0.2, 0.25) is 0 Å². The maximum atomic E-state index is 12.5. The maximum Gasteiger partial charge on any atom is 0.416 e. The van der Waals surface area contributed by atoms with Crippen molar-refractivity contribution in [3.63, 3.8) is 0 Å². The highest BCUT2D eigenvalue weighted by Crippen LogP contribution is 2.34. The Kier molecular flexibility index (Phi) is 4.85. The van der Waals surface area contributed by atoms with Crippen LogP contribution in [0.15, 0.2) is 24.3 Å². The summed E-state index contributed by atoms with van der Waals surface area (Å²) in [6.45, 7) is 7.93. The lowest BCUT2D eigenvalue weighted by Crippen LogP contribution is -2.44. The third-order valence-electron chi connectivity index (χ3n) is 3.77. The Hall–Kier alpha value is -0.813. The fraction of sp³-hybridized carbons (Fsp3) is 0.571. The molecular formula is C14H21F3OSi. The second kappa shape index (κ2) is 5.67. The Morgan fingerprint density at radius 1 is 1.00 bits per heavy atom. The van der Waals surface area contributed by atoms with Crippen LogP contribution in [0.25, 0.3) is 0 Å². The maximum absolute atomic E-state index is 12.5. The summed E-state index contributed by atoms with van der Waals surface area (Å²) in [5, 5.41) is 0. The van der Waals surface area contributed by atoms with Crippen LogP contribution >= 0.6 is 0 Å². The van der Waals surface area contributed by atoms with Gasteiger partial charge >= 0.3 is 6.18 Å². The minimum absolute atomic E-state index is 0.176. The Morgan fingerprint density at radius 3 is 1.74 bits per heavy atom. The number of alkyl halides is 3. The molecule has 0 aliphatic heterocycles. The second-order valence-electron chi connectivity index (χ2n) is 5.67.